The number of piperidine rings is 3. The lowest BCUT2D eigenvalue weighted by atomic mass is 9.73. The summed E-state index contributed by atoms with van der Waals surface area (Å²) in [6.45, 7) is 8.42. The molecule has 0 aliphatic carbocycles. The third kappa shape index (κ3) is 3.79. The van der Waals surface area contributed by atoms with E-state index in [1.54, 1.807) is 0 Å². The summed E-state index contributed by atoms with van der Waals surface area (Å²) in [6, 6.07) is 1.23. The number of carbonyl (C=O) groups excluding carboxylic acids is 1. The average molecular weight is 374 g/mol. The van der Waals surface area contributed by atoms with Gasteiger partial charge in [0.1, 0.15) is 0 Å². The molecule has 6 heteroatoms. The van der Waals surface area contributed by atoms with Gasteiger partial charge in [-0.15, -0.1) is 0 Å². The minimum Gasteiger partial charge on any atom is -0.355 e. The molecule has 0 saturated carbocycles. The molecule has 4 heterocycles. The monoisotopic (exact) mass is 373 g/mol. The zero-order valence-corrected chi connectivity index (χ0v) is 17.1. The molecule has 150 valence electrons. The zero-order chi connectivity index (χ0) is 19.0. The van der Waals surface area contributed by atoms with Crippen molar-refractivity contribution < 1.29 is 4.79 Å². The number of fused-ring (bicyclic) bond motifs is 4. The predicted molar refractivity (Wildman–Crippen MR) is 107 cm³/mol. The van der Waals surface area contributed by atoms with Crippen LogP contribution in [0, 0.1) is 25.7 Å². The number of rotatable bonds is 5. The van der Waals surface area contributed by atoms with Crippen molar-refractivity contribution in [1.82, 2.24) is 25.3 Å². The third-order valence-corrected chi connectivity index (χ3v) is 7.29. The molecule has 1 aromatic rings. The van der Waals surface area contributed by atoms with Gasteiger partial charge in [-0.05, 0) is 76.6 Å². The van der Waals surface area contributed by atoms with Crippen molar-refractivity contribution in [2.75, 3.05) is 26.2 Å². The Morgan fingerprint density at radius 1 is 1.26 bits per heavy atom. The standard InChI is InChI=1S/C21H35N5O/c1-14-18(15(2)25(3)24-14)7-8-21(27)23-13-20-17-10-16(11-22-12-17)19-6-4-5-9-26(19)20/h16-17,19-20,22H,4-13H2,1-3H3,(H,23,27)/t16-,17+,19+,20+/m1/s1. The average Bonchev–Trinajstić information content (AvgIpc) is 2.92. The number of nitrogens with zero attached hydrogens (tertiary/aromatic N) is 3. The van der Waals surface area contributed by atoms with Crippen molar-refractivity contribution in [3.8, 4) is 0 Å². The fraction of sp³-hybridized carbons (Fsp3) is 0.810. The van der Waals surface area contributed by atoms with Gasteiger partial charge >= 0.3 is 0 Å². The molecule has 3 aliphatic heterocycles. The van der Waals surface area contributed by atoms with Crippen LogP contribution in [0.5, 0.6) is 0 Å². The number of hydrogen-bond acceptors (Lipinski definition) is 4. The highest BCUT2D eigenvalue weighted by Crippen LogP contribution is 2.38. The quantitative estimate of drug-likeness (QED) is 0.822. The maximum Gasteiger partial charge on any atom is 0.220 e. The summed E-state index contributed by atoms with van der Waals surface area (Å²) < 4.78 is 1.91. The van der Waals surface area contributed by atoms with Crippen LogP contribution in [0.25, 0.3) is 0 Å². The zero-order valence-electron chi connectivity index (χ0n) is 17.1. The van der Waals surface area contributed by atoms with Gasteiger partial charge in [-0.1, -0.05) is 6.42 Å². The third-order valence-electron chi connectivity index (χ3n) is 7.29. The molecule has 2 N–H and O–H groups in total. The van der Waals surface area contributed by atoms with Gasteiger partial charge in [0, 0.05) is 37.8 Å². The van der Waals surface area contributed by atoms with E-state index in [9.17, 15) is 4.79 Å². The first-order valence-electron chi connectivity index (χ1n) is 10.8. The Hall–Kier alpha value is -1.40. The molecule has 0 aromatic carbocycles. The van der Waals surface area contributed by atoms with Gasteiger partial charge in [0.05, 0.1) is 5.69 Å². The number of nitrogens with one attached hydrogen (secondary N) is 2. The Morgan fingerprint density at radius 2 is 2.07 bits per heavy atom. The van der Waals surface area contributed by atoms with Crippen molar-refractivity contribution in [3.05, 3.63) is 17.0 Å². The lowest BCUT2D eigenvalue weighted by Crippen LogP contribution is -2.65. The highest BCUT2D eigenvalue weighted by atomic mass is 16.1. The number of aromatic nitrogens is 2. The normalized spacial score (nSPS) is 30.8. The molecular weight excluding hydrogens is 338 g/mol. The van der Waals surface area contributed by atoms with Crippen LogP contribution in [0.4, 0.5) is 0 Å². The van der Waals surface area contributed by atoms with Crippen molar-refractivity contribution in [1.29, 1.82) is 0 Å². The fourth-order valence-electron chi connectivity index (χ4n) is 5.77. The van der Waals surface area contributed by atoms with Crippen LogP contribution in [0.3, 0.4) is 0 Å². The Kier molecular flexibility index (Phi) is 5.55. The largest absolute Gasteiger partial charge is 0.355 e. The highest BCUT2D eigenvalue weighted by molar-refractivity contribution is 5.76. The van der Waals surface area contributed by atoms with E-state index in [0.29, 0.717) is 18.4 Å². The molecule has 0 spiro atoms. The molecule has 3 saturated heterocycles. The van der Waals surface area contributed by atoms with Crippen LogP contribution in [-0.4, -0.2) is 58.9 Å². The van der Waals surface area contributed by atoms with Gasteiger partial charge in [0.15, 0.2) is 0 Å². The number of amides is 1. The number of carbonyl (C=O) groups is 1. The minimum atomic E-state index is 0.178. The Morgan fingerprint density at radius 3 is 2.85 bits per heavy atom. The fourth-order valence-corrected chi connectivity index (χ4v) is 5.77. The van der Waals surface area contributed by atoms with Gasteiger partial charge in [0.2, 0.25) is 5.91 Å². The summed E-state index contributed by atoms with van der Waals surface area (Å²) in [5.41, 5.74) is 3.44. The van der Waals surface area contributed by atoms with E-state index in [1.807, 2.05) is 18.7 Å². The van der Waals surface area contributed by atoms with Gasteiger partial charge < -0.3 is 10.6 Å². The van der Waals surface area contributed by atoms with Crippen LogP contribution in [-0.2, 0) is 18.3 Å². The molecule has 4 atom stereocenters. The molecule has 3 fully saturated rings. The first kappa shape index (κ1) is 18.9. The molecule has 2 bridgehead atoms. The molecule has 1 amide bonds. The number of aryl methyl sites for hydroxylation is 2. The topological polar surface area (TPSA) is 62.2 Å². The van der Waals surface area contributed by atoms with Gasteiger partial charge in [0.25, 0.3) is 0 Å². The van der Waals surface area contributed by atoms with Crippen molar-refractivity contribution in [2.45, 2.75) is 64.5 Å². The van der Waals surface area contributed by atoms with Crippen LogP contribution < -0.4 is 10.6 Å². The summed E-state index contributed by atoms with van der Waals surface area (Å²) in [4.78, 5) is 15.3. The minimum absolute atomic E-state index is 0.178. The first-order chi connectivity index (χ1) is 13.0. The smallest absolute Gasteiger partial charge is 0.220 e. The van der Waals surface area contributed by atoms with E-state index < -0.39 is 0 Å². The van der Waals surface area contributed by atoms with Crippen LogP contribution >= 0.6 is 0 Å². The van der Waals surface area contributed by atoms with E-state index in [1.165, 1.54) is 50.0 Å². The van der Waals surface area contributed by atoms with Gasteiger partial charge in [-0.2, -0.15) is 5.10 Å². The lowest BCUT2D eigenvalue weighted by Gasteiger charge is -2.55. The van der Waals surface area contributed by atoms with Gasteiger partial charge in [-0.25, -0.2) is 0 Å². The highest BCUT2D eigenvalue weighted by Gasteiger charge is 2.45. The van der Waals surface area contributed by atoms with E-state index >= 15 is 0 Å². The molecule has 27 heavy (non-hydrogen) atoms. The lowest BCUT2D eigenvalue weighted by molar-refractivity contribution is -0.122. The Bertz CT molecular complexity index is 684. The molecule has 1 aromatic heterocycles. The molecule has 0 radical (unpaired) electrons. The summed E-state index contributed by atoms with van der Waals surface area (Å²) in [6.07, 6.45) is 6.68. The second-order valence-electron chi connectivity index (χ2n) is 8.86. The summed E-state index contributed by atoms with van der Waals surface area (Å²) in [5, 5.41) is 11.4. The van der Waals surface area contributed by atoms with E-state index in [4.69, 9.17) is 0 Å². The van der Waals surface area contributed by atoms with Gasteiger partial charge in [-0.3, -0.25) is 14.4 Å². The van der Waals surface area contributed by atoms with Crippen LogP contribution in [0.15, 0.2) is 0 Å². The van der Waals surface area contributed by atoms with E-state index in [0.717, 1.165) is 37.2 Å². The second kappa shape index (κ2) is 7.92. The SMILES string of the molecule is Cc1nn(C)c(C)c1CCC(=O)NC[C@H]1[C@@H]2CNC[C@@H](C2)[C@@H]2CCCCN21. The first-order valence-corrected chi connectivity index (χ1v) is 10.8. The Balaban J connectivity index is 1.33. The van der Waals surface area contributed by atoms with E-state index in [-0.39, 0.29) is 5.91 Å². The van der Waals surface area contributed by atoms with Crippen molar-refractivity contribution in [3.63, 3.8) is 0 Å². The molecule has 3 aliphatic rings. The molecule has 0 unspecified atom stereocenters. The summed E-state index contributed by atoms with van der Waals surface area (Å²) in [5.74, 6) is 1.67. The second-order valence-corrected chi connectivity index (χ2v) is 8.86. The maximum absolute atomic E-state index is 12.5. The Labute approximate surface area is 163 Å². The van der Waals surface area contributed by atoms with E-state index in [2.05, 4.69) is 27.6 Å². The maximum atomic E-state index is 12.5. The molecular formula is C21H35N5O. The van der Waals surface area contributed by atoms with Crippen LogP contribution in [0.2, 0.25) is 0 Å². The summed E-state index contributed by atoms with van der Waals surface area (Å²) in [7, 11) is 1.97. The van der Waals surface area contributed by atoms with Crippen LogP contribution in [0.1, 0.15) is 49.1 Å². The predicted octanol–water partition coefficient (Wildman–Crippen LogP) is 1.55. The van der Waals surface area contributed by atoms with Crippen molar-refractivity contribution >= 4 is 5.91 Å². The molecule has 4 rings (SSSR count). The number of hydrogen-bond donors (Lipinski definition) is 2. The van der Waals surface area contributed by atoms with Crippen molar-refractivity contribution in [2.24, 2.45) is 18.9 Å². The summed E-state index contributed by atoms with van der Waals surface area (Å²) >= 11 is 0. The molecule has 6 nitrogen and oxygen atoms in total.